The van der Waals surface area contributed by atoms with Crippen LogP contribution in [-0.2, 0) is 13.1 Å². The zero-order chi connectivity index (χ0) is 15.6. The molecule has 0 bridgehead atoms. The van der Waals surface area contributed by atoms with E-state index in [1.165, 1.54) is 0 Å². The molecule has 0 aliphatic carbocycles. The van der Waals surface area contributed by atoms with Crippen LogP contribution < -0.4 is 9.13 Å². The SMILES string of the molecule is OCCC[n+]1ccc(/C=C/c2cc[n+](CCCO)cc2)cc1. The molecule has 0 aliphatic rings. The molecule has 0 spiro atoms. The lowest BCUT2D eigenvalue weighted by atomic mass is 10.2. The van der Waals surface area contributed by atoms with Gasteiger partial charge in [-0.15, -0.1) is 0 Å². The number of aryl methyl sites for hydroxylation is 2. The number of aliphatic hydroxyl groups excluding tert-OH is 2. The number of pyridine rings is 2. The molecule has 0 fully saturated rings. The van der Waals surface area contributed by atoms with Gasteiger partial charge in [-0.05, 0) is 11.1 Å². The molecule has 0 unspecified atom stereocenters. The third-order valence-electron chi connectivity index (χ3n) is 3.45. The second-order valence-corrected chi connectivity index (χ2v) is 5.23. The van der Waals surface area contributed by atoms with Gasteiger partial charge in [-0.2, -0.15) is 0 Å². The zero-order valence-electron chi connectivity index (χ0n) is 12.8. The summed E-state index contributed by atoms with van der Waals surface area (Å²) in [5.41, 5.74) is 2.30. The standard InChI is InChI=1S/C18H24N2O2/c21-15-1-9-19-11-5-17(6-12-19)3-4-18-7-13-20(14-8-18)10-2-16-22/h3-8,11-14,21-22H,1-2,9-10,15-16H2/q+2/b4-3+. The Balaban J connectivity index is 1.93. The third kappa shape index (κ3) is 5.39. The van der Waals surface area contributed by atoms with Crippen molar-refractivity contribution in [2.45, 2.75) is 25.9 Å². The fraction of sp³-hybridized carbons (Fsp3) is 0.333. The number of aliphatic hydroxyl groups is 2. The Labute approximate surface area is 131 Å². The van der Waals surface area contributed by atoms with Crippen molar-refractivity contribution >= 4 is 12.2 Å². The van der Waals surface area contributed by atoms with Crippen LogP contribution >= 0.6 is 0 Å². The first kappa shape index (κ1) is 16.3. The van der Waals surface area contributed by atoms with Crippen molar-refractivity contribution in [1.29, 1.82) is 0 Å². The Bertz CT molecular complexity index is 524. The van der Waals surface area contributed by atoms with E-state index in [0.29, 0.717) is 0 Å². The van der Waals surface area contributed by atoms with Gasteiger partial charge in [0.1, 0.15) is 0 Å². The average Bonchev–Trinajstić information content (AvgIpc) is 2.58. The van der Waals surface area contributed by atoms with E-state index in [-0.39, 0.29) is 13.2 Å². The first-order chi connectivity index (χ1) is 10.8. The van der Waals surface area contributed by atoms with Crippen LogP contribution in [0.25, 0.3) is 12.2 Å². The van der Waals surface area contributed by atoms with E-state index >= 15 is 0 Å². The molecule has 0 radical (unpaired) electrons. The van der Waals surface area contributed by atoms with Gasteiger partial charge in [0.25, 0.3) is 0 Å². The van der Waals surface area contributed by atoms with Crippen molar-refractivity contribution in [3.8, 4) is 0 Å². The van der Waals surface area contributed by atoms with Gasteiger partial charge in [0.2, 0.25) is 0 Å². The Morgan fingerprint density at radius 1 is 0.682 bits per heavy atom. The lowest BCUT2D eigenvalue weighted by Crippen LogP contribution is -2.33. The average molecular weight is 300 g/mol. The number of aromatic nitrogens is 2. The topological polar surface area (TPSA) is 48.2 Å². The largest absolute Gasteiger partial charge is 0.396 e. The maximum Gasteiger partial charge on any atom is 0.169 e. The van der Waals surface area contributed by atoms with Gasteiger partial charge in [0.15, 0.2) is 37.9 Å². The lowest BCUT2D eigenvalue weighted by molar-refractivity contribution is -0.697. The van der Waals surface area contributed by atoms with Gasteiger partial charge in [-0.1, -0.05) is 12.2 Å². The highest BCUT2D eigenvalue weighted by Crippen LogP contribution is 2.05. The summed E-state index contributed by atoms with van der Waals surface area (Å²) in [5.74, 6) is 0. The Morgan fingerprint density at radius 3 is 1.36 bits per heavy atom. The Hall–Kier alpha value is -2.04. The molecule has 116 valence electrons. The van der Waals surface area contributed by atoms with Gasteiger partial charge in [-0.25, -0.2) is 9.13 Å². The number of hydrogen-bond donors (Lipinski definition) is 2. The van der Waals surface area contributed by atoms with Crippen LogP contribution in [0.3, 0.4) is 0 Å². The summed E-state index contributed by atoms with van der Waals surface area (Å²) < 4.78 is 4.14. The maximum atomic E-state index is 8.82. The molecule has 4 nitrogen and oxygen atoms in total. The van der Waals surface area contributed by atoms with Crippen LogP contribution in [0.5, 0.6) is 0 Å². The van der Waals surface area contributed by atoms with E-state index in [0.717, 1.165) is 37.1 Å². The van der Waals surface area contributed by atoms with E-state index in [1.807, 2.05) is 24.8 Å². The molecule has 2 rings (SSSR count). The smallest absolute Gasteiger partial charge is 0.169 e. The van der Waals surface area contributed by atoms with Crippen molar-refractivity contribution < 1.29 is 19.3 Å². The molecule has 0 aliphatic heterocycles. The fourth-order valence-corrected chi connectivity index (χ4v) is 2.16. The first-order valence-corrected chi connectivity index (χ1v) is 7.70. The number of rotatable bonds is 8. The molecule has 2 aromatic heterocycles. The van der Waals surface area contributed by atoms with Gasteiger partial charge < -0.3 is 10.2 Å². The summed E-state index contributed by atoms with van der Waals surface area (Å²) in [6.07, 6.45) is 13.9. The molecule has 22 heavy (non-hydrogen) atoms. The highest BCUT2D eigenvalue weighted by molar-refractivity contribution is 5.68. The minimum Gasteiger partial charge on any atom is -0.396 e. The van der Waals surface area contributed by atoms with Gasteiger partial charge >= 0.3 is 0 Å². The predicted octanol–water partition coefficient (Wildman–Crippen LogP) is 1.20. The lowest BCUT2D eigenvalue weighted by Gasteiger charge is -1.97. The summed E-state index contributed by atoms with van der Waals surface area (Å²) in [5, 5.41) is 17.6. The summed E-state index contributed by atoms with van der Waals surface area (Å²) in [4.78, 5) is 0. The molecule has 2 heterocycles. The van der Waals surface area contributed by atoms with E-state index in [1.54, 1.807) is 0 Å². The van der Waals surface area contributed by atoms with E-state index in [9.17, 15) is 0 Å². The summed E-state index contributed by atoms with van der Waals surface area (Å²) >= 11 is 0. The minimum absolute atomic E-state index is 0.223. The summed E-state index contributed by atoms with van der Waals surface area (Å²) in [7, 11) is 0. The Morgan fingerprint density at radius 2 is 1.05 bits per heavy atom. The Kier molecular flexibility index (Phi) is 6.74. The molecule has 0 atom stereocenters. The van der Waals surface area contributed by atoms with Gasteiger partial charge in [0.05, 0.1) is 0 Å². The maximum absolute atomic E-state index is 8.82. The second-order valence-electron chi connectivity index (χ2n) is 5.23. The van der Waals surface area contributed by atoms with Gasteiger partial charge in [-0.3, -0.25) is 0 Å². The number of nitrogens with zero attached hydrogens (tertiary/aromatic N) is 2. The molecule has 0 saturated carbocycles. The fourth-order valence-electron chi connectivity index (χ4n) is 2.16. The van der Waals surface area contributed by atoms with Crippen LogP contribution in [-0.4, -0.2) is 23.4 Å². The third-order valence-corrected chi connectivity index (χ3v) is 3.45. The second kappa shape index (κ2) is 9.07. The van der Waals surface area contributed by atoms with Crippen LogP contribution in [0.15, 0.2) is 49.1 Å². The summed E-state index contributed by atoms with van der Waals surface area (Å²) in [6, 6.07) is 8.27. The van der Waals surface area contributed by atoms with Crippen LogP contribution in [0.4, 0.5) is 0 Å². The molecule has 0 aromatic carbocycles. The molecule has 4 heteroatoms. The molecule has 2 aromatic rings. The van der Waals surface area contributed by atoms with Crippen molar-refractivity contribution in [2.75, 3.05) is 13.2 Å². The normalized spacial score (nSPS) is 11.2. The van der Waals surface area contributed by atoms with Crippen molar-refractivity contribution in [3.05, 3.63) is 60.2 Å². The highest BCUT2D eigenvalue weighted by atomic mass is 16.3. The predicted molar refractivity (Wildman–Crippen MR) is 85.6 cm³/mol. The van der Waals surface area contributed by atoms with Crippen molar-refractivity contribution in [1.82, 2.24) is 0 Å². The van der Waals surface area contributed by atoms with E-state index in [4.69, 9.17) is 10.2 Å². The van der Waals surface area contributed by atoms with Crippen molar-refractivity contribution in [3.63, 3.8) is 0 Å². The molecule has 0 amide bonds. The molecule has 0 saturated heterocycles. The quantitative estimate of drug-likeness (QED) is 0.720. The summed E-state index contributed by atoms with van der Waals surface area (Å²) in [6.45, 7) is 2.13. The van der Waals surface area contributed by atoms with E-state index in [2.05, 4.69) is 45.6 Å². The molecule has 2 N–H and O–H groups in total. The van der Waals surface area contributed by atoms with E-state index < -0.39 is 0 Å². The monoisotopic (exact) mass is 300 g/mol. The van der Waals surface area contributed by atoms with Crippen LogP contribution in [0.2, 0.25) is 0 Å². The molecular formula is C18H24N2O2+2. The van der Waals surface area contributed by atoms with Crippen LogP contribution in [0, 0.1) is 0 Å². The van der Waals surface area contributed by atoms with Crippen LogP contribution in [0.1, 0.15) is 24.0 Å². The highest BCUT2D eigenvalue weighted by Gasteiger charge is 2.00. The minimum atomic E-state index is 0.223. The zero-order valence-corrected chi connectivity index (χ0v) is 12.8. The first-order valence-electron chi connectivity index (χ1n) is 7.70. The van der Waals surface area contributed by atoms with Crippen molar-refractivity contribution in [2.24, 2.45) is 0 Å². The molecular weight excluding hydrogens is 276 g/mol. The number of hydrogen-bond acceptors (Lipinski definition) is 2. The van der Waals surface area contributed by atoms with Gasteiger partial charge in [0, 0.05) is 50.3 Å².